The lowest BCUT2D eigenvalue weighted by Gasteiger charge is -2.31. The second-order valence-electron chi connectivity index (χ2n) is 4.94. The van der Waals surface area contributed by atoms with E-state index in [0.717, 1.165) is 19.3 Å². The van der Waals surface area contributed by atoms with Crippen molar-refractivity contribution in [1.82, 2.24) is 10.2 Å². The van der Waals surface area contributed by atoms with Crippen LogP contribution in [0.25, 0.3) is 0 Å². The van der Waals surface area contributed by atoms with E-state index in [0.29, 0.717) is 19.5 Å². The number of thioether (sulfide) groups is 1. The van der Waals surface area contributed by atoms with Crippen LogP contribution in [0.5, 0.6) is 0 Å². The molecule has 0 saturated carbocycles. The predicted octanol–water partition coefficient (Wildman–Crippen LogP) is 2.17. The summed E-state index contributed by atoms with van der Waals surface area (Å²) in [5.41, 5.74) is 0. The minimum atomic E-state index is -0.908. The van der Waals surface area contributed by atoms with Gasteiger partial charge in [-0.3, -0.25) is 0 Å². The Morgan fingerprint density at radius 3 is 2.53 bits per heavy atom. The van der Waals surface area contributed by atoms with Gasteiger partial charge in [0.1, 0.15) is 6.04 Å². The van der Waals surface area contributed by atoms with Gasteiger partial charge < -0.3 is 15.3 Å². The van der Waals surface area contributed by atoms with Crippen molar-refractivity contribution in [3.05, 3.63) is 0 Å². The lowest BCUT2D eigenvalue weighted by Crippen LogP contribution is -2.49. The molecule has 1 heterocycles. The Morgan fingerprint density at radius 1 is 1.42 bits per heavy atom. The number of carboxylic acid groups (broad SMARTS) is 1. The summed E-state index contributed by atoms with van der Waals surface area (Å²) < 4.78 is 0.0497. The highest BCUT2D eigenvalue weighted by Crippen LogP contribution is 2.29. The Hall–Kier alpha value is -0.910. The summed E-state index contributed by atoms with van der Waals surface area (Å²) in [5, 5.41) is 12.0. The lowest BCUT2D eigenvalue weighted by molar-refractivity contribution is -0.141. The summed E-state index contributed by atoms with van der Waals surface area (Å²) >= 11 is 1.76. The van der Waals surface area contributed by atoms with Crippen molar-refractivity contribution in [2.75, 3.05) is 19.3 Å². The lowest BCUT2D eigenvalue weighted by atomic mass is 10.0. The number of likely N-dealkylation sites (tertiary alicyclic amines) is 1. The third-order valence-corrected chi connectivity index (χ3v) is 5.67. The Labute approximate surface area is 119 Å². The van der Waals surface area contributed by atoms with Gasteiger partial charge in [-0.25, -0.2) is 9.59 Å². The molecule has 0 unspecified atom stereocenters. The van der Waals surface area contributed by atoms with Crippen molar-refractivity contribution in [2.45, 2.75) is 50.3 Å². The third-order valence-electron chi connectivity index (χ3n) is 4.08. The molecule has 1 rings (SSSR count). The van der Waals surface area contributed by atoms with Crippen molar-refractivity contribution in [3.8, 4) is 0 Å². The monoisotopic (exact) mass is 288 g/mol. The van der Waals surface area contributed by atoms with Gasteiger partial charge >= 0.3 is 12.0 Å². The SMILES string of the molecule is CCC(CC)(CNC(=O)N1CCC[C@@H]1C(=O)O)SC. The second-order valence-corrected chi connectivity index (χ2v) is 6.22. The van der Waals surface area contributed by atoms with Crippen LogP contribution in [-0.2, 0) is 4.79 Å². The van der Waals surface area contributed by atoms with Crippen LogP contribution >= 0.6 is 11.8 Å². The van der Waals surface area contributed by atoms with Crippen molar-refractivity contribution in [1.29, 1.82) is 0 Å². The molecule has 0 bridgehead atoms. The normalized spacial score (nSPS) is 19.5. The zero-order chi connectivity index (χ0) is 14.5. The number of rotatable bonds is 6. The maximum atomic E-state index is 12.1. The van der Waals surface area contributed by atoms with Crippen molar-refractivity contribution in [2.24, 2.45) is 0 Å². The van der Waals surface area contributed by atoms with Crippen LogP contribution in [0.1, 0.15) is 39.5 Å². The number of carbonyl (C=O) groups is 2. The first-order chi connectivity index (χ1) is 8.99. The van der Waals surface area contributed by atoms with Gasteiger partial charge in [-0.05, 0) is 31.9 Å². The highest BCUT2D eigenvalue weighted by molar-refractivity contribution is 8.00. The molecule has 0 aliphatic carbocycles. The van der Waals surface area contributed by atoms with Crippen LogP contribution in [0.3, 0.4) is 0 Å². The van der Waals surface area contributed by atoms with Gasteiger partial charge in [0, 0.05) is 17.8 Å². The van der Waals surface area contributed by atoms with E-state index in [4.69, 9.17) is 5.11 Å². The molecule has 1 saturated heterocycles. The summed E-state index contributed by atoms with van der Waals surface area (Å²) in [4.78, 5) is 24.6. The first-order valence-corrected chi connectivity index (χ1v) is 8.04. The average Bonchev–Trinajstić information content (AvgIpc) is 2.90. The molecule has 1 aliphatic rings. The summed E-state index contributed by atoms with van der Waals surface area (Å²) in [6.07, 6.45) is 5.33. The molecule has 1 fully saturated rings. The van der Waals surface area contributed by atoms with E-state index < -0.39 is 12.0 Å². The van der Waals surface area contributed by atoms with Gasteiger partial charge in [0.2, 0.25) is 0 Å². The number of nitrogens with one attached hydrogen (secondary N) is 1. The molecule has 0 spiro atoms. The molecule has 110 valence electrons. The standard InChI is InChI=1S/C13H24N2O3S/c1-4-13(5-2,19-3)9-14-12(18)15-8-6-7-10(15)11(16)17/h10H,4-9H2,1-3H3,(H,14,18)(H,16,17)/t10-/m1/s1. The molecule has 0 aromatic heterocycles. The first kappa shape index (κ1) is 16.1. The summed E-state index contributed by atoms with van der Waals surface area (Å²) in [6, 6.07) is -0.905. The zero-order valence-corrected chi connectivity index (χ0v) is 12.8. The fraction of sp³-hybridized carbons (Fsp3) is 0.846. The van der Waals surface area contributed by atoms with Crippen LogP contribution < -0.4 is 5.32 Å². The number of carboxylic acids is 1. The molecular formula is C13H24N2O3S. The minimum Gasteiger partial charge on any atom is -0.480 e. The van der Waals surface area contributed by atoms with Crippen molar-refractivity contribution in [3.63, 3.8) is 0 Å². The number of hydrogen-bond acceptors (Lipinski definition) is 3. The molecule has 0 aromatic rings. The van der Waals surface area contributed by atoms with E-state index in [1.807, 2.05) is 0 Å². The molecule has 0 radical (unpaired) electrons. The van der Waals surface area contributed by atoms with Gasteiger partial charge in [-0.1, -0.05) is 13.8 Å². The number of amides is 2. The van der Waals surface area contributed by atoms with Crippen LogP contribution in [0, 0.1) is 0 Å². The van der Waals surface area contributed by atoms with Crippen LogP contribution in [0.2, 0.25) is 0 Å². The Morgan fingerprint density at radius 2 is 2.05 bits per heavy atom. The Bertz CT molecular complexity index is 324. The number of aliphatic carboxylic acids is 1. The largest absolute Gasteiger partial charge is 0.480 e. The smallest absolute Gasteiger partial charge is 0.326 e. The highest BCUT2D eigenvalue weighted by atomic mass is 32.2. The Kier molecular flexibility index (Phi) is 5.97. The van der Waals surface area contributed by atoms with E-state index >= 15 is 0 Å². The van der Waals surface area contributed by atoms with E-state index in [9.17, 15) is 9.59 Å². The van der Waals surface area contributed by atoms with Gasteiger partial charge in [0.25, 0.3) is 0 Å². The topological polar surface area (TPSA) is 69.6 Å². The van der Waals surface area contributed by atoms with Gasteiger partial charge in [-0.15, -0.1) is 0 Å². The fourth-order valence-corrected chi connectivity index (χ4v) is 3.26. The van der Waals surface area contributed by atoms with E-state index in [-0.39, 0.29) is 10.8 Å². The number of carbonyl (C=O) groups excluding carboxylic acids is 1. The minimum absolute atomic E-state index is 0.0497. The van der Waals surface area contributed by atoms with E-state index in [1.165, 1.54) is 4.90 Å². The molecule has 2 N–H and O–H groups in total. The molecule has 5 nitrogen and oxygen atoms in total. The molecule has 6 heteroatoms. The van der Waals surface area contributed by atoms with Crippen LogP contribution in [0.15, 0.2) is 0 Å². The van der Waals surface area contributed by atoms with E-state index in [1.54, 1.807) is 11.8 Å². The molecule has 1 atom stereocenters. The molecular weight excluding hydrogens is 264 g/mol. The summed E-state index contributed by atoms with van der Waals surface area (Å²) in [5.74, 6) is -0.908. The average molecular weight is 288 g/mol. The first-order valence-electron chi connectivity index (χ1n) is 6.82. The summed E-state index contributed by atoms with van der Waals surface area (Å²) in [7, 11) is 0. The second kappa shape index (κ2) is 7.03. The quantitative estimate of drug-likeness (QED) is 0.786. The third kappa shape index (κ3) is 3.78. The van der Waals surface area contributed by atoms with Crippen LogP contribution in [0.4, 0.5) is 4.79 Å². The number of nitrogens with zero attached hydrogens (tertiary/aromatic N) is 1. The highest BCUT2D eigenvalue weighted by Gasteiger charge is 2.35. The van der Waals surface area contributed by atoms with E-state index in [2.05, 4.69) is 25.4 Å². The number of urea groups is 1. The zero-order valence-electron chi connectivity index (χ0n) is 11.9. The molecule has 1 aliphatic heterocycles. The maximum Gasteiger partial charge on any atom is 0.326 e. The fourth-order valence-electron chi connectivity index (χ4n) is 2.47. The predicted molar refractivity (Wildman–Crippen MR) is 77.6 cm³/mol. The molecule has 19 heavy (non-hydrogen) atoms. The molecule has 0 aromatic carbocycles. The van der Waals surface area contributed by atoms with Gasteiger partial charge in [0.05, 0.1) is 0 Å². The summed E-state index contributed by atoms with van der Waals surface area (Å²) in [6.45, 7) is 5.35. The Balaban J connectivity index is 2.57. The maximum absolute atomic E-state index is 12.1. The van der Waals surface area contributed by atoms with Crippen molar-refractivity contribution >= 4 is 23.8 Å². The van der Waals surface area contributed by atoms with Gasteiger partial charge in [-0.2, -0.15) is 11.8 Å². The van der Waals surface area contributed by atoms with Crippen LogP contribution in [-0.4, -0.2) is 52.1 Å². The van der Waals surface area contributed by atoms with Crippen molar-refractivity contribution < 1.29 is 14.7 Å². The van der Waals surface area contributed by atoms with Gasteiger partial charge in [0.15, 0.2) is 0 Å². The molecule has 2 amide bonds. The number of hydrogen-bond donors (Lipinski definition) is 2.